The molecule has 1 fully saturated rings. The molecule has 2 atom stereocenters. The van der Waals surface area contributed by atoms with Crippen LogP contribution < -0.4 is 18.9 Å². The molecule has 4 heteroatoms. The number of aryl methyl sites for hydroxylation is 2. The fraction of sp³-hybridized carbons (Fsp3) is 0.529. The second kappa shape index (κ2) is 17.1. The van der Waals surface area contributed by atoms with Gasteiger partial charge in [0.15, 0.2) is 0 Å². The number of benzene rings is 4. The highest BCUT2D eigenvalue weighted by Gasteiger charge is 2.47. The molecule has 298 valence electrons. The topological polar surface area (TPSA) is 36.9 Å². The van der Waals surface area contributed by atoms with Crippen LogP contribution in [0.15, 0.2) is 84.9 Å². The van der Waals surface area contributed by atoms with E-state index in [9.17, 15) is 0 Å². The maximum atomic E-state index is 7.08. The van der Waals surface area contributed by atoms with Crippen molar-refractivity contribution >= 4 is 0 Å². The Bertz CT molecular complexity index is 1850. The lowest BCUT2D eigenvalue weighted by molar-refractivity contribution is -0.101. The van der Waals surface area contributed by atoms with E-state index in [2.05, 4.69) is 168 Å². The molecule has 0 amide bonds. The van der Waals surface area contributed by atoms with Crippen molar-refractivity contribution in [2.75, 3.05) is 0 Å². The van der Waals surface area contributed by atoms with Gasteiger partial charge in [0.25, 0.3) is 0 Å². The van der Waals surface area contributed by atoms with Gasteiger partial charge in [-0.3, -0.25) is 0 Å². The van der Waals surface area contributed by atoms with Crippen LogP contribution in [0.2, 0.25) is 0 Å². The summed E-state index contributed by atoms with van der Waals surface area (Å²) in [4.78, 5) is 0. The van der Waals surface area contributed by atoms with Crippen molar-refractivity contribution in [3.05, 3.63) is 107 Å². The Morgan fingerprint density at radius 1 is 0.473 bits per heavy atom. The molecule has 0 radical (unpaired) electrons. The molecule has 55 heavy (non-hydrogen) atoms. The summed E-state index contributed by atoms with van der Waals surface area (Å²) in [5, 5.41) is 0. The van der Waals surface area contributed by atoms with Crippen LogP contribution in [0.5, 0.6) is 23.0 Å². The highest BCUT2D eigenvalue weighted by Crippen LogP contribution is 2.47. The molecular weight excluding hydrogens is 677 g/mol. The molecule has 0 heterocycles. The fourth-order valence-corrected chi connectivity index (χ4v) is 8.11. The Morgan fingerprint density at radius 2 is 0.909 bits per heavy atom. The van der Waals surface area contributed by atoms with E-state index in [1.54, 1.807) is 0 Å². The Morgan fingerprint density at radius 3 is 1.33 bits per heavy atom. The number of rotatable bonds is 17. The minimum Gasteiger partial charge on any atom is -0.488 e. The van der Waals surface area contributed by atoms with E-state index < -0.39 is 11.2 Å². The van der Waals surface area contributed by atoms with E-state index in [1.807, 2.05) is 0 Å². The monoisotopic (exact) mass is 747 g/mol. The third-order valence-electron chi connectivity index (χ3n) is 13.4. The van der Waals surface area contributed by atoms with Gasteiger partial charge in [-0.15, -0.1) is 0 Å². The average Bonchev–Trinajstić information content (AvgIpc) is 3.20. The molecule has 0 aliphatic heterocycles. The lowest BCUT2D eigenvalue weighted by Gasteiger charge is -2.46. The molecule has 0 aromatic heterocycles. The van der Waals surface area contributed by atoms with Gasteiger partial charge < -0.3 is 18.9 Å². The quantitative estimate of drug-likeness (QED) is 0.108. The van der Waals surface area contributed by atoms with Crippen LogP contribution in [0.25, 0.3) is 11.1 Å². The van der Waals surface area contributed by atoms with Crippen LogP contribution in [0.1, 0.15) is 156 Å². The Kier molecular flexibility index (Phi) is 13.1. The molecule has 4 nitrogen and oxygen atoms in total. The highest BCUT2D eigenvalue weighted by atomic mass is 16.6. The largest absolute Gasteiger partial charge is 0.488 e. The minimum atomic E-state index is -0.574. The summed E-state index contributed by atoms with van der Waals surface area (Å²) < 4.78 is 26.7. The van der Waals surface area contributed by atoms with Crippen molar-refractivity contribution < 1.29 is 18.9 Å². The molecule has 2 unspecified atom stereocenters. The summed E-state index contributed by atoms with van der Waals surface area (Å²) in [6, 6.07) is 30.8. The van der Waals surface area contributed by atoms with Crippen molar-refractivity contribution in [2.45, 2.75) is 175 Å². The zero-order valence-electron chi connectivity index (χ0n) is 36.3. The van der Waals surface area contributed by atoms with Gasteiger partial charge in [-0.05, 0) is 163 Å². The van der Waals surface area contributed by atoms with Gasteiger partial charge in [0.05, 0.1) is 0 Å². The number of ether oxygens (including phenoxy) is 4. The maximum absolute atomic E-state index is 7.08. The van der Waals surface area contributed by atoms with Crippen LogP contribution >= 0.6 is 0 Å². The van der Waals surface area contributed by atoms with Crippen molar-refractivity contribution in [1.82, 2.24) is 0 Å². The van der Waals surface area contributed by atoms with Crippen molar-refractivity contribution in [1.29, 1.82) is 0 Å². The number of hydrogen-bond donors (Lipinski definition) is 0. The highest BCUT2D eigenvalue weighted by molar-refractivity contribution is 5.65. The summed E-state index contributed by atoms with van der Waals surface area (Å²) in [5.74, 6) is 3.66. The Labute approximate surface area is 334 Å². The maximum Gasteiger partial charge on any atom is 0.145 e. The summed E-state index contributed by atoms with van der Waals surface area (Å²) in [6.45, 7) is 26.2. The van der Waals surface area contributed by atoms with Gasteiger partial charge in [0.1, 0.15) is 45.4 Å². The SMILES string of the molecule is CCC(C)(C)Oc1ccc(C2(c3ccc(OC(C)(CC)C(C)(CC)Oc4ccc(-c5ccc(OC(C)(CC)CC)cc5)cc4)c(C)c3)CCCCC2)cc1C. The smallest absolute Gasteiger partial charge is 0.145 e. The van der Waals surface area contributed by atoms with Gasteiger partial charge in [-0.1, -0.05) is 102 Å². The molecule has 0 bridgehead atoms. The Balaban J connectivity index is 1.35. The summed E-state index contributed by atoms with van der Waals surface area (Å²) in [6.07, 6.45) is 10.6. The van der Waals surface area contributed by atoms with Crippen LogP contribution in [-0.2, 0) is 5.41 Å². The van der Waals surface area contributed by atoms with Gasteiger partial charge >= 0.3 is 0 Å². The molecule has 1 saturated carbocycles. The zero-order valence-corrected chi connectivity index (χ0v) is 36.3. The van der Waals surface area contributed by atoms with E-state index in [-0.39, 0.29) is 16.6 Å². The van der Waals surface area contributed by atoms with Crippen LogP contribution in [0, 0.1) is 13.8 Å². The zero-order chi connectivity index (χ0) is 40.1. The van der Waals surface area contributed by atoms with E-state index in [0.717, 1.165) is 84.6 Å². The molecule has 4 aromatic rings. The molecule has 1 aliphatic rings. The normalized spacial score (nSPS) is 16.8. The molecule has 5 rings (SSSR count). The van der Waals surface area contributed by atoms with Crippen molar-refractivity contribution in [3.8, 4) is 34.1 Å². The Hall–Kier alpha value is -3.92. The van der Waals surface area contributed by atoms with E-state index in [4.69, 9.17) is 18.9 Å². The first-order valence-electron chi connectivity index (χ1n) is 21.3. The fourth-order valence-electron chi connectivity index (χ4n) is 8.11. The molecule has 0 N–H and O–H groups in total. The predicted molar refractivity (Wildman–Crippen MR) is 231 cm³/mol. The molecular formula is C51H70O4. The van der Waals surface area contributed by atoms with Crippen LogP contribution in [0.4, 0.5) is 0 Å². The average molecular weight is 747 g/mol. The predicted octanol–water partition coefficient (Wildman–Crippen LogP) is 14.5. The second-order valence-corrected chi connectivity index (χ2v) is 17.5. The molecule has 0 spiro atoms. The molecule has 0 saturated heterocycles. The first kappa shape index (κ1) is 42.2. The summed E-state index contributed by atoms with van der Waals surface area (Å²) in [7, 11) is 0. The first-order valence-corrected chi connectivity index (χ1v) is 21.3. The van der Waals surface area contributed by atoms with Crippen molar-refractivity contribution in [2.24, 2.45) is 0 Å². The van der Waals surface area contributed by atoms with Crippen molar-refractivity contribution in [3.63, 3.8) is 0 Å². The summed E-state index contributed by atoms with van der Waals surface area (Å²) in [5.41, 5.74) is 5.95. The lowest BCUT2D eigenvalue weighted by Crippen LogP contribution is -2.57. The van der Waals surface area contributed by atoms with Crippen LogP contribution in [-0.4, -0.2) is 22.4 Å². The second-order valence-electron chi connectivity index (χ2n) is 17.5. The first-order chi connectivity index (χ1) is 26.1. The summed E-state index contributed by atoms with van der Waals surface area (Å²) >= 11 is 0. The van der Waals surface area contributed by atoms with Crippen LogP contribution in [0.3, 0.4) is 0 Å². The number of hydrogen-bond acceptors (Lipinski definition) is 4. The third kappa shape index (κ3) is 9.22. The minimum absolute atomic E-state index is 0.0201. The lowest BCUT2D eigenvalue weighted by atomic mass is 9.65. The standard InChI is InChI=1S/C51H70O4/c1-13-47(8,9)54-45-31-25-41(35-37(45)6)51(33-19-18-20-34-51)42-26-32-46(38(7)36-42)55-50(12,17-5)49(11,16-4)53-44-29-23-40(24-30-44)39-21-27-43(28-22-39)52-48(10,14-2)15-3/h21-32,35-36H,13-20,33-34H2,1-12H3. The van der Waals surface area contributed by atoms with Gasteiger partial charge in [-0.2, -0.15) is 0 Å². The van der Waals surface area contributed by atoms with E-state index in [0.29, 0.717) is 0 Å². The third-order valence-corrected chi connectivity index (χ3v) is 13.4. The molecule has 1 aliphatic carbocycles. The van der Waals surface area contributed by atoms with E-state index >= 15 is 0 Å². The molecule has 4 aromatic carbocycles. The van der Waals surface area contributed by atoms with Gasteiger partial charge in [0.2, 0.25) is 0 Å². The van der Waals surface area contributed by atoms with Gasteiger partial charge in [0, 0.05) is 5.41 Å². The van der Waals surface area contributed by atoms with E-state index in [1.165, 1.54) is 36.0 Å². The van der Waals surface area contributed by atoms with Gasteiger partial charge in [-0.25, -0.2) is 0 Å².